The zero-order chi connectivity index (χ0) is 15.4. The maximum absolute atomic E-state index is 12.3. The van der Waals surface area contributed by atoms with Gasteiger partial charge in [-0.05, 0) is 49.4 Å². The molecular weight excluding hydrogens is 288 g/mol. The molecular formula is C16H21ClN2O2. The molecule has 4 nitrogen and oxygen atoms in total. The minimum Gasteiger partial charge on any atom is -0.350 e. The highest BCUT2D eigenvalue weighted by molar-refractivity contribution is 6.30. The summed E-state index contributed by atoms with van der Waals surface area (Å²) in [7, 11) is 0. The van der Waals surface area contributed by atoms with Gasteiger partial charge in [-0.1, -0.05) is 17.7 Å². The molecule has 1 N–H and O–H groups in total. The highest BCUT2D eigenvalue weighted by Gasteiger charge is 2.30. The smallest absolute Gasteiger partial charge is 0.243 e. The van der Waals surface area contributed by atoms with E-state index >= 15 is 0 Å². The van der Waals surface area contributed by atoms with E-state index in [9.17, 15) is 9.59 Å². The Kier molecular flexibility index (Phi) is 5.23. The fourth-order valence-corrected chi connectivity index (χ4v) is 2.91. The second kappa shape index (κ2) is 6.94. The van der Waals surface area contributed by atoms with Crippen molar-refractivity contribution in [1.82, 2.24) is 10.2 Å². The molecule has 0 spiro atoms. The average molecular weight is 309 g/mol. The Hall–Kier alpha value is -1.55. The first-order valence-corrected chi connectivity index (χ1v) is 7.67. The number of nitrogens with one attached hydrogen (secondary N) is 1. The molecule has 0 saturated carbocycles. The third-order valence-electron chi connectivity index (χ3n) is 3.97. The summed E-state index contributed by atoms with van der Waals surface area (Å²) in [6, 6.07) is 5.30. The molecule has 21 heavy (non-hydrogen) atoms. The predicted molar refractivity (Wildman–Crippen MR) is 83.1 cm³/mol. The molecule has 0 radical (unpaired) electrons. The van der Waals surface area contributed by atoms with E-state index in [1.54, 1.807) is 4.90 Å². The van der Waals surface area contributed by atoms with Gasteiger partial charge in [0.2, 0.25) is 11.8 Å². The topological polar surface area (TPSA) is 49.4 Å². The number of amides is 2. The van der Waals surface area contributed by atoms with Crippen LogP contribution in [0.5, 0.6) is 0 Å². The van der Waals surface area contributed by atoms with Crippen molar-refractivity contribution in [3.8, 4) is 0 Å². The number of hydrogen-bond donors (Lipinski definition) is 1. The highest BCUT2D eigenvalue weighted by Crippen LogP contribution is 2.18. The van der Waals surface area contributed by atoms with Crippen molar-refractivity contribution >= 4 is 23.4 Å². The Labute approximate surface area is 130 Å². The van der Waals surface area contributed by atoms with E-state index in [1.807, 2.05) is 25.1 Å². The van der Waals surface area contributed by atoms with Crippen LogP contribution < -0.4 is 5.32 Å². The molecule has 1 saturated heterocycles. The Morgan fingerprint density at radius 1 is 1.38 bits per heavy atom. The summed E-state index contributed by atoms with van der Waals surface area (Å²) in [5.41, 5.74) is 2.09. The lowest BCUT2D eigenvalue weighted by atomic mass is 10.0. The summed E-state index contributed by atoms with van der Waals surface area (Å²) in [4.78, 5) is 25.6. The molecule has 1 aliphatic rings. The summed E-state index contributed by atoms with van der Waals surface area (Å²) in [5.74, 6) is -0.113. The van der Waals surface area contributed by atoms with Crippen LogP contribution >= 0.6 is 11.6 Å². The molecule has 1 heterocycles. The summed E-state index contributed by atoms with van der Waals surface area (Å²) >= 11 is 5.98. The SMILES string of the molecule is CC(=O)N1CCCC[C@@H]1C(=O)NCc1cc(Cl)ccc1C. The second-order valence-corrected chi connectivity index (χ2v) is 5.95. The number of carbonyl (C=O) groups excluding carboxylic acids is 2. The lowest BCUT2D eigenvalue weighted by molar-refractivity contribution is -0.140. The summed E-state index contributed by atoms with van der Waals surface area (Å²) in [6.07, 6.45) is 2.69. The van der Waals surface area contributed by atoms with Gasteiger partial charge in [-0.25, -0.2) is 0 Å². The molecule has 1 aromatic carbocycles. The fourth-order valence-electron chi connectivity index (χ4n) is 2.71. The van der Waals surface area contributed by atoms with Crippen molar-refractivity contribution in [3.05, 3.63) is 34.3 Å². The first kappa shape index (κ1) is 15.8. The number of likely N-dealkylation sites (tertiary alicyclic amines) is 1. The van der Waals surface area contributed by atoms with Crippen molar-refractivity contribution in [2.75, 3.05) is 6.54 Å². The van der Waals surface area contributed by atoms with E-state index in [4.69, 9.17) is 11.6 Å². The Morgan fingerprint density at radius 3 is 2.86 bits per heavy atom. The van der Waals surface area contributed by atoms with E-state index in [0.29, 0.717) is 18.1 Å². The molecule has 1 atom stereocenters. The van der Waals surface area contributed by atoms with Gasteiger partial charge in [0.05, 0.1) is 0 Å². The molecule has 1 aromatic rings. The van der Waals surface area contributed by atoms with E-state index in [-0.39, 0.29) is 17.9 Å². The number of halogens is 1. The molecule has 114 valence electrons. The Balaban J connectivity index is 2.00. The lowest BCUT2D eigenvalue weighted by Gasteiger charge is -2.34. The van der Waals surface area contributed by atoms with Crippen LogP contribution in [0.2, 0.25) is 5.02 Å². The first-order valence-electron chi connectivity index (χ1n) is 7.29. The maximum atomic E-state index is 12.3. The van der Waals surface area contributed by atoms with Crippen LogP contribution in [0.4, 0.5) is 0 Å². The van der Waals surface area contributed by atoms with Gasteiger partial charge >= 0.3 is 0 Å². The van der Waals surface area contributed by atoms with E-state index in [2.05, 4.69) is 5.32 Å². The zero-order valence-electron chi connectivity index (χ0n) is 12.5. The third-order valence-corrected chi connectivity index (χ3v) is 4.21. The maximum Gasteiger partial charge on any atom is 0.243 e. The summed E-state index contributed by atoms with van der Waals surface area (Å²) < 4.78 is 0. The molecule has 0 aromatic heterocycles. The van der Waals surface area contributed by atoms with Crippen molar-refractivity contribution in [2.45, 2.75) is 45.7 Å². The summed E-state index contributed by atoms with van der Waals surface area (Å²) in [6.45, 7) is 4.62. The standard InChI is InChI=1S/C16H21ClN2O2/c1-11-6-7-14(17)9-13(11)10-18-16(21)15-5-3-4-8-19(15)12(2)20/h6-7,9,15H,3-5,8,10H2,1-2H3,(H,18,21)/t15-/m1/s1. The van der Waals surface area contributed by atoms with E-state index in [0.717, 1.165) is 30.4 Å². The van der Waals surface area contributed by atoms with Crippen LogP contribution in [-0.2, 0) is 16.1 Å². The molecule has 2 amide bonds. The van der Waals surface area contributed by atoms with Crippen LogP contribution in [0.15, 0.2) is 18.2 Å². The van der Waals surface area contributed by atoms with Crippen LogP contribution in [-0.4, -0.2) is 29.3 Å². The minimum absolute atomic E-state index is 0.0335. The van der Waals surface area contributed by atoms with Gasteiger partial charge in [-0.3, -0.25) is 9.59 Å². The highest BCUT2D eigenvalue weighted by atomic mass is 35.5. The molecule has 0 unspecified atom stereocenters. The Bertz CT molecular complexity index is 545. The van der Waals surface area contributed by atoms with Crippen LogP contribution in [0.25, 0.3) is 0 Å². The average Bonchev–Trinajstić information content (AvgIpc) is 2.47. The van der Waals surface area contributed by atoms with Gasteiger partial charge in [0.25, 0.3) is 0 Å². The predicted octanol–water partition coefficient (Wildman–Crippen LogP) is 2.67. The lowest BCUT2D eigenvalue weighted by Crippen LogP contribution is -2.51. The monoisotopic (exact) mass is 308 g/mol. The van der Waals surface area contributed by atoms with Crippen LogP contribution in [0, 0.1) is 6.92 Å². The molecule has 1 fully saturated rings. The van der Waals surface area contributed by atoms with E-state index < -0.39 is 0 Å². The van der Waals surface area contributed by atoms with Gasteiger partial charge in [-0.2, -0.15) is 0 Å². The van der Waals surface area contributed by atoms with Gasteiger partial charge in [0, 0.05) is 25.0 Å². The number of nitrogens with zero attached hydrogens (tertiary/aromatic N) is 1. The molecule has 0 aliphatic carbocycles. The fraction of sp³-hybridized carbons (Fsp3) is 0.500. The first-order chi connectivity index (χ1) is 9.99. The second-order valence-electron chi connectivity index (χ2n) is 5.51. The van der Waals surface area contributed by atoms with Gasteiger partial charge in [-0.15, -0.1) is 0 Å². The van der Waals surface area contributed by atoms with Gasteiger partial charge in [0.1, 0.15) is 6.04 Å². The zero-order valence-corrected chi connectivity index (χ0v) is 13.2. The number of carbonyl (C=O) groups is 2. The minimum atomic E-state index is -0.337. The van der Waals surface area contributed by atoms with Crippen molar-refractivity contribution in [1.29, 1.82) is 0 Å². The third kappa shape index (κ3) is 3.97. The number of hydrogen-bond acceptors (Lipinski definition) is 2. The van der Waals surface area contributed by atoms with Crippen LogP contribution in [0.1, 0.15) is 37.3 Å². The van der Waals surface area contributed by atoms with Crippen molar-refractivity contribution in [2.24, 2.45) is 0 Å². The van der Waals surface area contributed by atoms with Crippen molar-refractivity contribution in [3.63, 3.8) is 0 Å². The van der Waals surface area contributed by atoms with Crippen molar-refractivity contribution < 1.29 is 9.59 Å². The number of benzene rings is 1. The van der Waals surface area contributed by atoms with Gasteiger partial charge < -0.3 is 10.2 Å². The Morgan fingerprint density at radius 2 is 2.14 bits per heavy atom. The molecule has 5 heteroatoms. The quantitative estimate of drug-likeness (QED) is 0.933. The van der Waals surface area contributed by atoms with Crippen LogP contribution in [0.3, 0.4) is 0 Å². The number of aryl methyl sites for hydroxylation is 1. The summed E-state index contributed by atoms with van der Waals surface area (Å²) in [5, 5.41) is 3.59. The largest absolute Gasteiger partial charge is 0.350 e. The normalized spacial score (nSPS) is 18.4. The number of piperidine rings is 1. The van der Waals surface area contributed by atoms with E-state index in [1.165, 1.54) is 6.92 Å². The molecule has 2 rings (SSSR count). The van der Waals surface area contributed by atoms with Gasteiger partial charge in [0.15, 0.2) is 0 Å². The molecule has 0 bridgehead atoms. The molecule has 1 aliphatic heterocycles. The number of rotatable bonds is 3.